The molecule has 2 heterocycles. The zero-order chi connectivity index (χ0) is 21.0. The summed E-state index contributed by atoms with van der Waals surface area (Å²) in [4.78, 5) is 24.5. The van der Waals surface area contributed by atoms with E-state index >= 15 is 0 Å². The molecule has 3 rings (SSSR count). The summed E-state index contributed by atoms with van der Waals surface area (Å²) < 4.78 is 5.34. The Morgan fingerprint density at radius 1 is 1.38 bits per heavy atom. The Kier molecular flexibility index (Phi) is 6.46. The number of aromatic nitrogens is 3. The highest BCUT2D eigenvalue weighted by atomic mass is 35.5. The molecule has 1 atom stereocenters. The van der Waals surface area contributed by atoms with Gasteiger partial charge in [0.05, 0.1) is 24.1 Å². The lowest BCUT2D eigenvalue weighted by Gasteiger charge is -2.13. The van der Waals surface area contributed by atoms with Gasteiger partial charge >= 0.3 is 0 Å². The summed E-state index contributed by atoms with van der Waals surface area (Å²) in [7, 11) is 1.76. The van der Waals surface area contributed by atoms with E-state index in [-0.39, 0.29) is 17.7 Å². The number of aromatic amines is 1. The molecule has 0 spiro atoms. The first-order valence-electron chi connectivity index (χ1n) is 9.23. The molecule has 0 bridgehead atoms. The van der Waals surface area contributed by atoms with Crippen LogP contribution >= 0.6 is 11.6 Å². The molecule has 0 fully saturated rings. The van der Waals surface area contributed by atoms with Crippen LogP contribution in [0.3, 0.4) is 0 Å². The minimum atomic E-state index is -0.274. The van der Waals surface area contributed by atoms with E-state index in [1.807, 2.05) is 13.8 Å². The third kappa shape index (κ3) is 4.55. The van der Waals surface area contributed by atoms with Crippen molar-refractivity contribution in [1.82, 2.24) is 20.3 Å². The normalized spacial score (nSPS) is 12.0. The lowest BCUT2D eigenvalue weighted by molar-refractivity contribution is 0.0873. The third-order valence-electron chi connectivity index (χ3n) is 4.35. The van der Waals surface area contributed by atoms with Gasteiger partial charge in [0.15, 0.2) is 5.65 Å². The molecule has 1 aromatic carbocycles. The lowest BCUT2D eigenvalue weighted by atomic mass is 10.1. The Morgan fingerprint density at radius 2 is 2.17 bits per heavy atom. The number of amides is 1. The highest BCUT2D eigenvalue weighted by molar-refractivity contribution is 6.31. The van der Waals surface area contributed by atoms with Crippen molar-refractivity contribution in [2.24, 2.45) is 0 Å². The van der Waals surface area contributed by atoms with Crippen molar-refractivity contribution in [2.45, 2.75) is 19.9 Å². The SMILES string of the molecule is CCOCC(C)NC(=O)c1c[nH]c2ncc(C(=N)c3ccc(Cl)cc3NC)nc12. The van der Waals surface area contributed by atoms with E-state index in [4.69, 9.17) is 21.7 Å². The number of halogens is 1. The van der Waals surface area contributed by atoms with Crippen LogP contribution in [0.4, 0.5) is 5.69 Å². The van der Waals surface area contributed by atoms with E-state index in [1.54, 1.807) is 31.4 Å². The number of H-pyrrole nitrogens is 1. The molecule has 29 heavy (non-hydrogen) atoms. The van der Waals surface area contributed by atoms with E-state index in [2.05, 4.69) is 25.6 Å². The van der Waals surface area contributed by atoms with Crippen LogP contribution in [0.1, 0.15) is 35.5 Å². The van der Waals surface area contributed by atoms with Crippen LogP contribution in [0.2, 0.25) is 5.02 Å². The van der Waals surface area contributed by atoms with Crippen molar-refractivity contribution in [1.29, 1.82) is 5.41 Å². The number of hydrogen-bond donors (Lipinski definition) is 4. The van der Waals surface area contributed by atoms with Gasteiger partial charge in [-0.15, -0.1) is 0 Å². The highest BCUT2D eigenvalue weighted by Crippen LogP contribution is 2.23. The summed E-state index contributed by atoms with van der Waals surface area (Å²) in [6, 6.07) is 5.07. The van der Waals surface area contributed by atoms with Gasteiger partial charge in [0.2, 0.25) is 0 Å². The van der Waals surface area contributed by atoms with Gasteiger partial charge in [0, 0.05) is 42.2 Å². The van der Waals surface area contributed by atoms with Crippen LogP contribution in [0.25, 0.3) is 11.2 Å². The number of fused-ring (bicyclic) bond motifs is 1. The molecule has 0 radical (unpaired) electrons. The third-order valence-corrected chi connectivity index (χ3v) is 4.59. The summed E-state index contributed by atoms with van der Waals surface area (Å²) in [5.41, 5.74) is 3.14. The van der Waals surface area contributed by atoms with Gasteiger partial charge in [-0.1, -0.05) is 11.6 Å². The van der Waals surface area contributed by atoms with E-state index in [0.717, 1.165) is 0 Å². The van der Waals surface area contributed by atoms with Gasteiger partial charge in [-0.25, -0.2) is 9.97 Å². The zero-order valence-corrected chi connectivity index (χ0v) is 17.2. The molecule has 0 saturated heterocycles. The number of nitrogens with one attached hydrogen (secondary N) is 4. The number of nitrogens with zero attached hydrogens (tertiary/aromatic N) is 2. The monoisotopic (exact) mass is 414 g/mol. The zero-order valence-electron chi connectivity index (χ0n) is 16.5. The van der Waals surface area contributed by atoms with Gasteiger partial charge in [0.25, 0.3) is 5.91 Å². The molecule has 1 amide bonds. The molecule has 0 aliphatic heterocycles. The van der Waals surface area contributed by atoms with Crippen LogP contribution in [-0.4, -0.2) is 52.9 Å². The number of anilines is 1. The maximum absolute atomic E-state index is 12.6. The van der Waals surface area contributed by atoms with E-state index < -0.39 is 0 Å². The summed E-state index contributed by atoms with van der Waals surface area (Å²) >= 11 is 6.04. The molecular formula is C20H23ClN6O2. The quantitative estimate of drug-likeness (QED) is 0.422. The average molecular weight is 415 g/mol. The molecule has 9 heteroatoms. The van der Waals surface area contributed by atoms with Crippen molar-refractivity contribution >= 4 is 40.1 Å². The van der Waals surface area contributed by atoms with Gasteiger partial charge in [0.1, 0.15) is 11.2 Å². The summed E-state index contributed by atoms with van der Waals surface area (Å²) in [5, 5.41) is 15.1. The Morgan fingerprint density at radius 3 is 2.90 bits per heavy atom. The predicted molar refractivity (Wildman–Crippen MR) is 114 cm³/mol. The molecular weight excluding hydrogens is 392 g/mol. The number of carbonyl (C=O) groups is 1. The maximum atomic E-state index is 12.6. The van der Waals surface area contributed by atoms with Crippen molar-refractivity contribution in [3.05, 3.63) is 52.4 Å². The number of carbonyl (C=O) groups excluding carboxylic acids is 1. The van der Waals surface area contributed by atoms with Crippen molar-refractivity contribution in [3.8, 4) is 0 Å². The molecule has 0 aliphatic carbocycles. The fourth-order valence-electron chi connectivity index (χ4n) is 2.90. The first-order valence-corrected chi connectivity index (χ1v) is 9.61. The molecule has 0 saturated carbocycles. The second-order valence-corrected chi connectivity index (χ2v) is 6.94. The molecule has 0 aliphatic rings. The van der Waals surface area contributed by atoms with Crippen molar-refractivity contribution in [3.63, 3.8) is 0 Å². The highest BCUT2D eigenvalue weighted by Gasteiger charge is 2.19. The summed E-state index contributed by atoms with van der Waals surface area (Å²) in [5.74, 6) is -0.274. The number of benzene rings is 1. The first-order chi connectivity index (χ1) is 13.9. The molecule has 1 unspecified atom stereocenters. The van der Waals surface area contributed by atoms with E-state index in [1.165, 1.54) is 6.20 Å². The number of ether oxygens (including phenoxy) is 1. The number of rotatable bonds is 8. The second-order valence-electron chi connectivity index (χ2n) is 6.50. The van der Waals surface area contributed by atoms with Gasteiger partial charge in [-0.2, -0.15) is 0 Å². The predicted octanol–water partition coefficient (Wildman–Crippen LogP) is 3.22. The van der Waals surface area contributed by atoms with Gasteiger partial charge < -0.3 is 20.4 Å². The largest absolute Gasteiger partial charge is 0.388 e. The minimum absolute atomic E-state index is 0.144. The van der Waals surface area contributed by atoms with Crippen LogP contribution in [0.5, 0.6) is 0 Å². The van der Waals surface area contributed by atoms with Crippen LogP contribution < -0.4 is 10.6 Å². The molecule has 8 nitrogen and oxygen atoms in total. The fraction of sp³-hybridized carbons (Fsp3) is 0.300. The minimum Gasteiger partial charge on any atom is -0.388 e. The van der Waals surface area contributed by atoms with Gasteiger partial charge in [-0.05, 0) is 32.0 Å². The first kappa shape index (κ1) is 20.8. The standard InChI is InChI=1S/C20H23ClN6O2/c1-4-29-10-11(2)26-20(28)14-8-24-19-18(14)27-16(9-25-19)17(22)13-6-5-12(21)7-15(13)23-3/h5-9,11,22-23H,4,10H2,1-3H3,(H,24,25)(H,26,28). The lowest BCUT2D eigenvalue weighted by Crippen LogP contribution is -2.35. The summed E-state index contributed by atoms with van der Waals surface area (Å²) in [6.07, 6.45) is 3.08. The number of hydrogen-bond acceptors (Lipinski definition) is 6. The fourth-order valence-corrected chi connectivity index (χ4v) is 3.07. The maximum Gasteiger partial charge on any atom is 0.255 e. The molecule has 4 N–H and O–H groups in total. The molecule has 3 aromatic rings. The van der Waals surface area contributed by atoms with Crippen LogP contribution in [-0.2, 0) is 4.74 Å². The van der Waals surface area contributed by atoms with Crippen LogP contribution in [0.15, 0.2) is 30.6 Å². The Bertz CT molecular complexity index is 1050. The Labute approximate surface area is 173 Å². The Hall–Kier alpha value is -2.97. The second kappa shape index (κ2) is 9.02. The van der Waals surface area contributed by atoms with Crippen molar-refractivity contribution < 1.29 is 9.53 Å². The summed E-state index contributed by atoms with van der Waals surface area (Å²) in [6.45, 7) is 4.79. The average Bonchev–Trinajstić information content (AvgIpc) is 3.15. The molecule has 2 aromatic heterocycles. The van der Waals surface area contributed by atoms with E-state index in [0.29, 0.717) is 51.9 Å². The van der Waals surface area contributed by atoms with E-state index in [9.17, 15) is 4.79 Å². The molecule has 152 valence electrons. The van der Waals surface area contributed by atoms with Crippen molar-refractivity contribution in [2.75, 3.05) is 25.6 Å². The van der Waals surface area contributed by atoms with Gasteiger partial charge in [-0.3, -0.25) is 10.2 Å². The van der Waals surface area contributed by atoms with Crippen LogP contribution in [0, 0.1) is 5.41 Å². The topological polar surface area (TPSA) is 116 Å². The Balaban J connectivity index is 1.91. The smallest absolute Gasteiger partial charge is 0.255 e.